The minimum Gasteiger partial charge on any atom is -0.309 e. The number of para-hydroxylation sites is 1. The average molecular weight is 818 g/mol. The largest absolute Gasteiger partial charge is 0.309 e. The van der Waals surface area contributed by atoms with Gasteiger partial charge in [0, 0.05) is 28.1 Å². The molecule has 1 nitrogen and oxygen atoms in total. The average Bonchev–Trinajstić information content (AvgIpc) is 3.59. The summed E-state index contributed by atoms with van der Waals surface area (Å²) in [6.45, 7) is 4.76. The molecule has 0 aliphatic heterocycles. The molecule has 0 spiro atoms. The summed E-state index contributed by atoms with van der Waals surface area (Å²) in [4.78, 5) is 2.57. The zero-order chi connectivity index (χ0) is 42.8. The van der Waals surface area contributed by atoms with E-state index in [-0.39, 0.29) is 11.3 Å². The van der Waals surface area contributed by atoms with E-state index in [9.17, 15) is 0 Å². The third-order valence-electron chi connectivity index (χ3n) is 14.1. The summed E-state index contributed by atoms with van der Waals surface area (Å²) in [5, 5.41) is 2.61. The molecule has 2 aliphatic carbocycles. The van der Waals surface area contributed by atoms with E-state index in [0.29, 0.717) is 0 Å². The van der Waals surface area contributed by atoms with E-state index in [0.717, 1.165) is 17.8 Å². The standard InChI is InChI=1S/C63H47N/c1-63(2)58-25-13-11-23-52(58)53-39-37-49(40-59(53)63)64(60-26-14-12-22-51(60)47-32-28-44(29-33-47)42-16-5-3-6-17-42)61-27-15-24-54-56(48-34-30-45(31-35-48)43-18-7-4-8-19-43)41-57-50-21-10-9-20-46(50)36-38-55(57)62(54)61/h3-40,56H,41H2,1-2H3. The van der Waals surface area contributed by atoms with Crippen LogP contribution in [0.3, 0.4) is 0 Å². The van der Waals surface area contributed by atoms with E-state index >= 15 is 0 Å². The second-order valence-electron chi connectivity index (χ2n) is 18.0. The van der Waals surface area contributed by atoms with E-state index in [1.54, 1.807) is 0 Å². The molecule has 1 unspecified atom stereocenters. The molecule has 64 heavy (non-hydrogen) atoms. The maximum atomic E-state index is 2.57. The van der Waals surface area contributed by atoms with Gasteiger partial charge < -0.3 is 4.90 Å². The van der Waals surface area contributed by atoms with Crippen molar-refractivity contribution < 1.29 is 0 Å². The molecule has 0 saturated heterocycles. The van der Waals surface area contributed by atoms with Gasteiger partial charge in [0.15, 0.2) is 0 Å². The Bertz CT molecular complexity index is 3360. The first-order valence-electron chi connectivity index (χ1n) is 22.6. The highest BCUT2D eigenvalue weighted by atomic mass is 15.1. The van der Waals surface area contributed by atoms with E-state index in [4.69, 9.17) is 0 Å². The van der Waals surface area contributed by atoms with Crippen molar-refractivity contribution in [3.8, 4) is 55.6 Å². The predicted molar refractivity (Wildman–Crippen MR) is 270 cm³/mol. The summed E-state index contributed by atoms with van der Waals surface area (Å²) < 4.78 is 0. The summed E-state index contributed by atoms with van der Waals surface area (Å²) in [6.07, 6.45) is 0.924. The molecule has 0 bridgehead atoms. The van der Waals surface area contributed by atoms with Gasteiger partial charge >= 0.3 is 0 Å². The smallest absolute Gasteiger partial charge is 0.0543 e. The number of anilines is 3. The summed E-state index contributed by atoms with van der Waals surface area (Å²) >= 11 is 0. The Labute approximate surface area is 376 Å². The number of fused-ring (bicyclic) bond motifs is 8. The number of rotatable bonds is 7. The lowest BCUT2D eigenvalue weighted by Crippen LogP contribution is -2.19. The van der Waals surface area contributed by atoms with Crippen molar-refractivity contribution in [3.05, 3.63) is 258 Å². The van der Waals surface area contributed by atoms with Gasteiger partial charge in [0.1, 0.15) is 0 Å². The van der Waals surface area contributed by atoms with Gasteiger partial charge in [-0.05, 0) is 114 Å². The van der Waals surface area contributed by atoms with Crippen LogP contribution in [0.4, 0.5) is 17.1 Å². The zero-order valence-electron chi connectivity index (χ0n) is 36.2. The first kappa shape index (κ1) is 38.0. The molecular weight excluding hydrogens is 771 g/mol. The molecule has 0 aromatic heterocycles. The quantitative estimate of drug-likeness (QED) is 0.155. The van der Waals surface area contributed by atoms with Gasteiger partial charge in [-0.3, -0.25) is 0 Å². The van der Waals surface area contributed by atoms with Crippen LogP contribution in [0.25, 0.3) is 66.4 Å². The number of nitrogens with zero attached hydrogens (tertiary/aromatic N) is 1. The van der Waals surface area contributed by atoms with Crippen molar-refractivity contribution in [1.29, 1.82) is 0 Å². The topological polar surface area (TPSA) is 3.24 Å². The molecule has 0 N–H and O–H groups in total. The molecule has 10 aromatic rings. The van der Waals surface area contributed by atoms with Crippen molar-refractivity contribution in [3.63, 3.8) is 0 Å². The van der Waals surface area contributed by atoms with Crippen molar-refractivity contribution in [1.82, 2.24) is 0 Å². The number of hydrogen-bond acceptors (Lipinski definition) is 1. The normalized spacial score (nSPS) is 14.3. The second-order valence-corrected chi connectivity index (χ2v) is 18.0. The van der Waals surface area contributed by atoms with Crippen molar-refractivity contribution in [2.75, 3.05) is 4.90 Å². The van der Waals surface area contributed by atoms with Crippen LogP contribution in [0.1, 0.15) is 47.6 Å². The summed E-state index contributed by atoms with van der Waals surface area (Å²) in [6, 6.07) is 85.7. The fraction of sp³-hybridized carbons (Fsp3) is 0.0794. The Kier molecular flexibility index (Phi) is 9.05. The second kappa shape index (κ2) is 15.3. The Hall–Kier alpha value is -7.74. The highest BCUT2D eigenvalue weighted by Gasteiger charge is 2.37. The lowest BCUT2D eigenvalue weighted by atomic mass is 9.73. The van der Waals surface area contributed by atoms with Crippen molar-refractivity contribution >= 4 is 27.8 Å². The molecule has 0 saturated carbocycles. The van der Waals surface area contributed by atoms with Gasteiger partial charge in [-0.1, -0.05) is 220 Å². The Morgan fingerprint density at radius 3 is 1.72 bits per heavy atom. The highest BCUT2D eigenvalue weighted by Crippen LogP contribution is 2.55. The molecule has 1 heteroatoms. The molecule has 0 amide bonds. The van der Waals surface area contributed by atoms with E-state index in [1.165, 1.54) is 99.9 Å². The van der Waals surface area contributed by atoms with Gasteiger partial charge in [-0.25, -0.2) is 0 Å². The third kappa shape index (κ3) is 6.22. The molecule has 2 aliphatic rings. The van der Waals surface area contributed by atoms with Crippen LogP contribution in [-0.4, -0.2) is 0 Å². The van der Waals surface area contributed by atoms with Crippen molar-refractivity contribution in [2.45, 2.75) is 31.6 Å². The maximum Gasteiger partial charge on any atom is 0.0543 e. The van der Waals surface area contributed by atoms with Crippen LogP contribution in [0, 0.1) is 0 Å². The monoisotopic (exact) mass is 817 g/mol. The molecule has 10 aromatic carbocycles. The Balaban J connectivity index is 1.09. The Morgan fingerprint density at radius 2 is 0.969 bits per heavy atom. The third-order valence-corrected chi connectivity index (χ3v) is 14.1. The molecular formula is C63H47N. The SMILES string of the molecule is CC1(C)c2ccccc2-c2ccc(N(c3ccccc3-c3ccc(-c4ccccc4)cc3)c3cccc4c3-c3ccc5ccccc5c3CC4c3ccc(-c4ccccc4)cc3)cc21. The van der Waals surface area contributed by atoms with Crippen LogP contribution in [0.15, 0.2) is 231 Å². The minimum absolute atomic E-state index is 0.154. The van der Waals surface area contributed by atoms with Gasteiger partial charge in [0.05, 0.1) is 11.4 Å². The molecule has 1 atom stereocenters. The van der Waals surface area contributed by atoms with Crippen LogP contribution in [-0.2, 0) is 11.8 Å². The summed E-state index contributed by atoms with van der Waals surface area (Å²) in [5.41, 5.74) is 22.7. The first-order valence-corrected chi connectivity index (χ1v) is 22.6. The van der Waals surface area contributed by atoms with Gasteiger partial charge in [0.25, 0.3) is 0 Å². The first-order chi connectivity index (χ1) is 31.5. The zero-order valence-corrected chi connectivity index (χ0v) is 36.2. The van der Waals surface area contributed by atoms with E-state index < -0.39 is 0 Å². The van der Waals surface area contributed by atoms with Gasteiger partial charge in [-0.2, -0.15) is 0 Å². The highest BCUT2D eigenvalue weighted by molar-refractivity contribution is 6.01. The maximum absolute atomic E-state index is 2.57. The summed E-state index contributed by atoms with van der Waals surface area (Å²) in [5.74, 6) is 0.161. The predicted octanol–water partition coefficient (Wildman–Crippen LogP) is 17.0. The molecule has 12 rings (SSSR count). The summed E-state index contributed by atoms with van der Waals surface area (Å²) in [7, 11) is 0. The van der Waals surface area contributed by atoms with Gasteiger partial charge in [0.2, 0.25) is 0 Å². The van der Waals surface area contributed by atoms with Crippen molar-refractivity contribution in [2.24, 2.45) is 0 Å². The lowest BCUT2D eigenvalue weighted by Gasteiger charge is -2.36. The minimum atomic E-state index is -0.154. The lowest BCUT2D eigenvalue weighted by molar-refractivity contribution is 0.660. The molecule has 304 valence electrons. The molecule has 0 radical (unpaired) electrons. The van der Waals surface area contributed by atoms with E-state index in [1.807, 2.05) is 0 Å². The number of benzene rings is 10. The fourth-order valence-electron chi connectivity index (χ4n) is 10.9. The van der Waals surface area contributed by atoms with Crippen LogP contribution < -0.4 is 4.90 Å². The molecule has 0 heterocycles. The van der Waals surface area contributed by atoms with Gasteiger partial charge in [-0.15, -0.1) is 0 Å². The Morgan fingerprint density at radius 1 is 0.406 bits per heavy atom. The molecule has 0 fully saturated rings. The van der Waals surface area contributed by atoms with Crippen LogP contribution >= 0.6 is 0 Å². The van der Waals surface area contributed by atoms with E-state index in [2.05, 4.69) is 249 Å². The van der Waals surface area contributed by atoms with Crippen LogP contribution in [0.2, 0.25) is 0 Å². The fourth-order valence-corrected chi connectivity index (χ4v) is 10.9. The number of hydrogen-bond donors (Lipinski definition) is 0. The van der Waals surface area contributed by atoms with Crippen LogP contribution in [0.5, 0.6) is 0 Å².